The van der Waals surface area contributed by atoms with Gasteiger partial charge in [-0.2, -0.15) is 0 Å². The maximum absolute atomic E-state index is 12.7. The lowest BCUT2D eigenvalue weighted by atomic mass is 10.1. The first kappa shape index (κ1) is 10.9. The fourth-order valence-electron chi connectivity index (χ4n) is 1.07. The molecule has 0 aliphatic carbocycles. The molecule has 0 bridgehead atoms. The summed E-state index contributed by atoms with van der Waals surface area (Å²) in [6, 6.07) is 4.85. The predicted octanol–water partition coefficient (Wildman–Crippen LogP) is 1.56. The van der Waals surface area contributed by atoms with Gasteiger partial charge in [0, 0.05) is 0 Å². The molecule has 0 aliphatic heterocycles. The Balaban J connectivity index is 2.72. The zero-order chi connectivity index (χ0) is 10.6. The molecule has 0 amide bonds. The molecule has 0 saturated heterocycles. The van der Waals surface area contributed by atoms with Gasteiger partial charge < -0.3 is 5.11 Å². The highest BCUT2D eigenvalue weighted by Crippen LogP contribution is 2.07. The van der Waals surface area contributed by atoms with Crippen LogP contribution in [0.5, 0.6) is 0 Å². The van der Waals surface area contributed by atoms with E-state index in [4.69, 9.17) is 16.9 Å². The largest absolute Gasteiger partial charge is 0.480 e. The first-order valence-electron chi connectivity index (χ1n) is 3.97. The van der Waals surface area contributed by atoms with Crippen molar-refractivity contribution in [3.8, 4) is 0 Å². The Kier molecular flexibility index (Phi) is 3.85. The smallest absolute Gasteiger partial charge is 0.322 e. The van der Waals surface area contributed by atoms with Gasteiger partial charge in [0.25, 0.3) is 0 Å². The fourth-order valence-corrected chi connectivity index (χ4v) is 1.24. The molecule has 0 spiro atoms. The van der Waals surface area contributed by atoms with Crippen molar-refractivity contribution in [2.75, 3.05) is 0 Å². The van der Waals surface area contributed by atoms with E-state index in [1.165, 1.54) is 18.2 Å². The topological polar surface area (TPSA) is 49.3 Å². The average Bonchev–Trinajstić information content (AvgIpc) is 2.14. The van der Waals surface area contributed by atoms with Gasteiger partial charge in [-0.25, -0.2) is 9.23 Å². The van der Waals surface area contributed by atoms with E-state index in [-0.39, 0.29) is 12.2 Å². The minimum atomic E-state index is -1.07. The summed E-state index contributed by atoms with van der Waals surface area (Å²) in [6.45, 7) is 0. The number of aliphatic carboxylic acids is 1. The number of carboxylic acids is 1. The molecule has 0 aromatic heterocycles. The van der Waals surface area contributed by atoms with Crippen LogP contribution in [0.4, 0.5) is 4.39 Å². The van der Waals surface area contributed by atoms with E-state index < -0.39 is 12.0 Å². The van der Waals surface area contributed by atoms with Crippen LogP contribution in [0, 0.1) is 5.82 Å². The number of nitrogens with one attached hydrogen (secondary N) is 1. The van der Waals surface area contributed by atoms with Crippen molar-refractivity contribution in [3.63, 3.8) is 0 Å². The molecule has 1 aromatic carbocycles. The van der Waals surface area contributed by atoms with E-state index in [1.54, 1.807) is 6.07 Å². The standard InChI is InChI=1S/C9H9ClFNO2/c10-12-8(9(13)14)5-6-2-1-3-7(11)4-6/h1-4,8,12H,5H2,(H,13,14)/t8-/m0/s1. The van der Waals surface area contributed by atoms with Gasteiger partial charge in [-0.1, -0.05) is 12.1 Å². The zero-order valence-electron chi connectivity index (χ0n) is 7.21. The summed E-state index contributed by atoms with van der Waals surface area (Å²) in [5.41, 5.74) is 0.588. The lowest BCUT2D eigenvalue weighted by molar-refractivity contribution is -0.138. The fraction of sp³-hybridized carbons (Fsp3) is 0.222. The number of benzene rings is 1. The summed E-state index contributed by atoms with van der Waals surface area (Å²) >= 11 is 5.23. The molecule has 0 saturated carbocycles. The monoisotopic (exact) mass is 217 g/mol. The Morgan fingerprint density at radius 2 is 2.36 bits per heavy atom. The highest BCUT2D eigenvalue weighted by molar-refractivity contribution is 6.14. The minimum Gasteiger partial charge on any atom is -0.480 e. The van der Waals surface area contributed by atoms with Crippen molar-refractivity contribution in [3.05, 3.63) is 35.6 Å². The molecule has 0 unspecified atom stereocenters. The molecule has 3 nitrogen and oxygen atoms in total. The molecule has 1 atom stereocenters. The van der Waals surface area contributed by atoms with Gasteiger partial charge >= 0.3 is 5.97 Å². The van der Waals surface area contributed by atoms with E-state index in [0.717, 1.165) is 0 Å². The maximum Gasteiger partial charge on any atom is 0.322 e. The zero-order valence-corrected chi connectivity index (χ0v) is 7.96. The van der Waals surface area contributed by atoms with Crippen LogP contribution in [0.25, 0.3) is 0 Å². The number of rotatable bonds is 4. The highest BCUT2D eigenvalue weighted by Gasteiger charge is 2.16. The number of halogens is 2. The second-order valence-electron chi connectivity index (χ2n) is 2.83. The molecule has 0 aliphatic rings. The predicted molar refractivity (Wildman–Crippen MR) is 50.5 cm³/mol. The van der Waals surface area contributed by atoms with Crippen molar-refractivity contribution in [2.24, 2.45) is 0 Å². The maximum atomic E-state index is 12.7. The second kappa shape index (κ2) is 4.93. The van der Waals surface area contributed by atoms with Gasteiger partial charge in [0.2, 0.25) is 0 Å². The van der Waals surface area contributed by atoms with Crippen molar-refractivity contribution < 1.29 is 14.3 Å². The van der Waals surface area contributed by atoms with E-state index in [0.29, 0.717) is 5.56 Å². The summed E-state index contributed by atoms with van der Waals surface area (Å²) in [5.74, 6) is -1.45. The van der Waals surface area contributed by atoms with Crippen LogP contribution in [0.1, 0.15) is 5.56 Å². The van der Waals surface area contributed by atoms with Gasteiger partial charge in [0.15, 0.2) is 0 Å². The Morgan fingerprint density at radius 1 is 1.64 bits per heavy atom. The average molecular weight is 218 g/mol. The van der Waals surface area contributed by atoms with E-state index in [9.17, 15) is 9.18 Å². The van der Waals surface area contributed by atoms with Crippen LogP contribution in [0.2, 0.25) is 0 Å². The number of carboxylic acid groups (broad SMARTS) is 1. The van der Waals surface area contributed by atoms with E-state index in [1.807, 2.05) is 0 Å². The van der Waals surface area contributed by atoms with Gasteiger partial charge in [0.1, 0.15) is 11.9 Å². The van der Waals surface area contributed by atoms with Crippen LogP contribution >= 0.6 is 11.8 Å². The molecule has 2 N–H and O–H groups in total. The molecule has 0 fully saturated rings. The molecular formula is C9H9ClFNO2. The number of carbonyl (C=O) groups is 1. The minimum absolute atomic E-state index is 0.149. The Bertz CT molecular complexity index is 332. The molecule has 1 aromatic rings. The number of hydrogen-bond acceptors (Lipinski definition) is 2. The van der Waals surface area contributed by atoms with Gasteiger partial charge in [-0.15, -0.1) is 0 Å². The Labute approximate surface area is 85.6 Å². The lowest BCUT2D eigenvalue weighted by Crippen LogP contribution is -2.32. The third-order valence-corrected chi connectivity index (χ3v) is 2.02. The van der Waals surface area contributed by atoms with Crippen LogP contribution in [-0.2, 0) is 11.2 Å². The molecule has 5 heteroatoms. The normalized spacial score (nSPS) is 12.4. The summed E-state index contributed by atoms with van der Waals surface area (Å²) in [6.07, 6.45) is 0.149. The molecule has 0 heterocycles. The molecule has 1 rings (SSSR count). The quantitative estimate of drug-likeness (QED) is 0.753. The van der Waals surface area contributed by atoms with Crippen LogP contribution in [0.15, 0.2) is 24.3 Å². The van der Waals surface area contributed by atoms with Crippen LogP contribution < -0.4 is 4.84 Å². The van der Waals surface area contributed by atoms with Gasteiger partial charge in [-0.3, -0.25) is 4.79 Å². The summed E-state index contributed by atoms with van der Waals surface area (Å²) < 4.78 is 12.7. The van der Waals surface area contributed by atoms with Crippen LogP contribution in [0.3, 0.4) is 0 Å². The van der Waals surface area contributed by atoms with Crippen molar-refractivity contribution in [1.82, 2.24) is 4.84 Å². The van der Waals surface area contributed by atoms with Crippen molar-refractivity contribution in [2.45, 2.75) is 12.5 Å². The summed E-state index contributed by atoms with van der Waals surface area (Å²) in [5, 5.41) is 8.66. The van der Waals surface area contributed by atoms with Gasteiger partial charge in [0.05, 0.1) is 0 Å². The Morgan fingerprint density at radius 3 is 2.86 bits per heavy atom. The van der Waals surface area contributed by atoms with E-state index in [2.05, 4.69) is 4.84 Å². The first-order valence-corrected chi connectivity index (χ1v) is 4.34. The Hall–Kier alpha value is -1.13. The molecule has 14 heavy (non-hydrogen) atoms. The third kappa shape index (κ3) is 2.97. The summed E-state index contributed by atoms with van der Waals surface area (Å²) in [4.78, 5) is 12.7. The molecule has 0 radical (unpaired) electrons. The third-order valence-electron chi connectivity index (χ3n) is 1.76. The SMILES string of the molecule is O=C(O)[C@H](Cc1cccc(F)c1)NCl. The van der Waals surface area contributed by atoms with Gasteiger partial charge in [-0.05, 0) is 35.9 Å². The first-order chi connectivity index (χ1) is 6.63. The van der Waals surface area contributed by atoms with Crippen molar-refractivity contribution in [1.29, 1.82) is 0 Å². The van der Waals surface area contributed by atoms with Crippen LogP contribution in [-0.4, -0.2) is 17.1 Å². The lowest BCUT2D eigenvalue weighted by Gasteiger charge is -2.08. The molecule has 76 valence electrons. The van der Waals surface area contributed by atoms with Crippen molar-refractivity contribution >= 4 is 17.7 Å². The second-order valence-corrected chi connectivity index (χ2v) is 3.05. The summed E-state index contributed by atoms with van der Waals surface area (Å²) in [7, 11) is 0. The van der Waals surface area contributed by atoms with E-state index >= 15 is 0 Å². The number of hydrogen-bond donors (Lipinski definition) is 2. The molecular weight excluding hydrogens is 209 g/mol. The highest BCUT2D eigenvalue weighted by atomic mass is 35.5.